The second-order valence-electron chi connectivity index (χ2n) is 6.58. The number of hydrogen-bond acceptors (Lipinski definition) is 2. The lowest BCUT2D eigenvalue weighted by atomic mass is 9.93. The molecule has 116 valence electrons. The van der Waals surface area contributed by atoms with Crippen LogP contribution in [0.5, 0.6) is 5.75 Å². The van der Waals surface area contributed by atoms with E-state index in [9.17, 15) is 5.11 Å². The lowest BCUT2D eigenvalue weighted by molar-refractivity contribution is 0.370. The number of benzene rings is 1. The Bertz CT molecular complexity index is 479. The molecule has 21 heavy (non-hydrogen) atoms. The number of nitrogens with one attached hydrogen (secondary N) is 1. The van der Waals surface area contributed by atoms with Crippen LogP contribution in [-0.2, 0) is 6.42 Å². The Morgan fingerprint density at radius 3 is 2.62 bits per heavy atom. The van der Waals surface area contributed by atoms with Crippen molar-refractivity contribution in [1.82, 2.24) is 10.2 Å². The first kappa shape index (κ1) is 15.7. The van der Waals surface area contributed by atoms with Crippen molar-refractivity contribution in [3.8, 4) is 5.75 Å². The van der Waals surface area contributed by atoms with E-state index in [2.05, 4.69) is 29.1 Å². The number of phenolic OH excluding ortho intramolecular Hbond substituents is 1. The summed E-state index contributed by atoms with van der Waals surface area (Å²) in [5.74, 6) is 1.35. The molecule has 0 aromatic heterocycles. The number of aromatic hydroxyl groups is 1. The molecule has 0 bridgehead atoms. The second-order valence-corrected chi connectivity index (χ2v) is 6.58. The van der Waals surface area contributed by atoms with Crippen molar-refractivity contribution in [1.29, 1.82) is 0 Å². The van der Waals surface area contributed by atoms with Gasteiger partial charge in [-0.15, -0.1) is 0 Å². The van der Waals surface area contributed by atoms with E-state index < -0.39 is 0 Å². The minimum absolute atomic E-state index is 0.328. The number of phenols is 1. The molecule has 1 aliphatic rings. The summed E-state index contributed by atoms with van der Waals surface area (Å²) in [4.78, 5) is 6.74. The van der Waals surface area contributed by atoms with E-state index in [0.717, 1.165) is 38.4 Å². The first-order valence-electron chi connectivity index (χ1n) is 7.74. The van der Waals surface area contributed by atoms with E-state index in [1.807, 2.05) is 19.2 Å². The van der Waals surface area contributed by atoms with Gasteiger partial charge in [-0.1, -0.05) is 26.0 Å². The smallest absolute Gasteiger partial charge is 0.193 e. The van der Waals surface area contributed by atoms with Gasteiger partial charge in [0.2, 0.25) is 0 Å². The molecule has 1 saturated heterocycles. The number of rotatable bonds is 4. The van der Waals surface area contributed by atoms with Gasteiger partial charge in [0.1, 0.15) is 5.75 Å². The van der Waals surface area contributed by atoms with Crippen LogP contribution in [0.25, 0.3) is 0 Å². The van der Waals surface area contributed by atoms with Crippen LogP contribution < -0.4 is 5.32 Å². The maximum Gasteiger partial charge on any atom is 0.193 e. The van der Waals surface area contributed by atoms with Crippen molar-refractivity contribution in [3.63, 3.8) is 0 Å². The SMILES string of the molecule is CN=C(NCCCc1ccc(O)cc1)N1CCC(C)(C)C1. The molecule has 1 fully saturated rings. The fourth-order valence-corrected chi connectivity index (χ4v) is 2.78. The highest BCUT2D eigenvalue weighted by Gasteiger charge is 2.30. The van der Waals surface area contributed by atoms with Gasteiger partial charge < -0.3 is 15.3 Å². The average molecular weight is 289 g/mol. The Kier molecular flexibility index (Phi) is 5.10. The molecule has 1 aromatic carbocycles. The predicted molar refractivity (Wildman–Crippen MR) is 87.8 cm³/mol. The van der Waals surface area contributed by atoms with Gasteiger partial charge >= 0.3 is 0 Å². The molecule has 4 nitrogen and oxygen atoms in total. The fraction of sp³-hybridized carbons (Fsp3) is 0.588. The molecule has 0 amide bonds. The zero-order chi connectivity index (χ0) is 15.3. The number of nitrogens with zero attached hydrogens (tertiary/aromatic N) is 2. The Labute approximate surface area is 127 Å². The summed E-state index contributed by atoms with van der Waals surface area (Å²) in [6, 6.07) is 7.45. The van der Waals surface area contributed by atoms with Crippen LogP contribution in [0.2, 0.25) is 0 Å². The van der Waals surface area contributed by atoms with Gasteiger partial charge in [0, 0.05) is 26.7 Å². The maximum absolute atomic E-state index is 9.26. The van der Waals surface area contributed by atoms with Gasteiger partial charge in [0.05, 0.1) is 0 Å². The molecule has 0 radical (unpaired) electrons. The number of hydrogen-bond donors (Lipinski definition) is 2. The van der Waals surface area contributed by atoms with Crippen molar-refractivity contribution < 1.29 is 5.11 Å². The molecule has 2 rings (SSSR count). The summed E-state index contributed by atoms with van der Waals surface area (Å²) >= 11 is 0. The quantitative estimate of drug-likeness (QED) is 0.509. The molecule has 2 N–H and O–H groups in total. The predicted octanol–water partition coefficient (Wildman–Crippen LogP) is 2.63. The molecule has 4 heteroatoms. The van der Waals surface area contributed by atoms with Crippen LogP contribution in [0.4, 0.5) is 0 Å². The van der Waals surface area contributed by atoms with Crippen molar-refractivity contribution in [2.75, 3.05) is 26.7 Å². The van der Waals surface area contributed by atoms with Gasteiger partial charge in [0.15, 0.2) is 5.96 Å². The average Bonchev–Trinajstić information content (AvgIpc) is 2.81. The normalized spacial score (nSPS) is 18.0. The molecular weight excluding hydrogens is 262 g/mol. The number of guanidine groups is 1. The molecule has 0 unspecified atom stereocenters. The second kappa shape index (κ2) is 6.83. The molecule has 0 aliphatic carbocycles. The van der Waals surface area contributed by atoms with Gasteiger partial charge in [-0.2, -0.15) is 0 Å². The van der Waals surface area contributed by atoms with E-state index in [0.29, 0.717) is 11.2 Å². The number of aryl methyl sites for hydroxylation is 1. The van der Waals surface area contributed by atoms with Gasteiger partial charge in [-0.3, -0.25) is 4.99 Å². The highest BCUT2D eigenvalue weighted by molar-refractivity contribution is 5.80. The van der Waals surface area contributed by atoms with Gasteiger partial charge in [0.25, 0.3) is 0 Å². The van der Waals surface area contributed by atoms with Crippen LogP contribution in [0, 0.1) is 5.41 Å². The Morgan fingerprint density at radius 2 is 2.05 bits per heavy atom. The lowest BCUT2D eigenvalue weighted by Crippen LogP contribution is -2.41. The summed E-state index contributed by atoms with van der Waals surface area (Å²) in [6.07, 6.45) is 3.29. The Balaban J connectivity index is 1.73. The van der Waals surface area contributed by atoms with Crippen molar-refractivity contribution in [2.24, 2.45) is 10.4 Å². The Hall–Kier alpha value is -1.71. The van der Waals surface area contributed by atoms with E-state index >= 15 is 0 Å². The first-order valence-corrected chi connectivity index (χ1v) is 7.74. The number of aliphatic imine (C=N–C) groups is 1. The zero-order valence-electron chi connectivity index (χ0n) is 13.4. The summed E-state index contributed by atoms with van der Waals surface area (Å²) in [5.41, 5.74) is 1.65. The van der Waals surface area contributed by atoms with Crippen LogP contribution >= 0.6 is 0 Å². The van der Waals surface area contributed by atoms with E-state index in [-0.39, 0.29) is 0 Å². The fourth-order valence-electron chi connectivity index (χ4n) is 2.78. The highest BCUT2D eigenvalue weighted by Crippen LogP contribution is 2.28. The van der Waals surface area contributed by atoms with Gasteiger partial charge in [-0.25, -0.2) is 0 Å². The molecule has 1 heterocycles. The third kappa shape index (κ3) is 4.66. The summed E-state index contributed by atoms with van der Waals surface area (Å²) in [7, 11) is 1.85. The number of likely N-dealkylation sites (tertiary alicyclic amines) is 1. The maximum atomic E-state index is 9.26. The summed E-state index contributed by atoms with van der Waals surface area (Å²) in [5, 5.41) is 12.7. The van der Waals surface area contributed by atoms with Crippen LogP contribution in [0.15, 0.2) is 29.3 Å². The third-order valence-corrected chi connectivity index (χ3v) is 4.05. The third-order valence-electron chi connectivity index (χ3n) is 4.05. The van der Waals surface area contributed by atoms with Gasteiger partial charge in [-0.05, 0) is 42.4 Å². The molecule has 1 aliphatic heterocycles. The largest absolute Gasteiger partial charge is 0.508 e. The van der Waals surface area contributed by atoms with Crippen LogP contribution in [0.1, 0.15) is 32.3 Å². The van der Waals surface area contributed by atoms with Crippen molar-refractivity contribution in [3.05, 3.63) is 29.8 Å². The molecule has 0 atom stereocenters. The molecule has 0 saturated carbocycles. The standard InChI is InChI=1S/C17H27N3O/c1-17(2)10-12-20(13-17)16(18-3)19-11-4-5-14-6-8-15(21)9-7-14/h6-9,21H,4-5,10-13H2,1-3H3,(H,18,19). The zero-order valence-corrected chi connectivity index (χ0v) is 13.4. The van der Waals surface area contributed by atoms with Crippen LogP contribution in [0.3, 0.4) is 0 Å². The van der Waals surface area contributed by atoms with Crippen molar-refractivity contribution >= 4 is 5.96 Å². The Morgan fingerprint density at radius 1 is 1.33 bits per heavy atom. The van der Waals surface area contributed by atoms with E-state index in [1.165, 1.54) is 12.0 Å². The van der Waals surface area contributed by atoms with Crippen LogP contribution in [-0.4, -0.2) is 42.6 Å². The monoisotopic (exact) mass is 289 g/mol. The first-order chi connectivity index (χ1) is 10.00. The molecule has 0 spiro atoms. The minimum atomic E-state index is 0.328. The summed E-state index contributed by atoms with van der Waals surface area (Å²) in [6.45, 7) is 7.70. The van der Waals surface area contributed by atoms with Crippen molar-refractivity contribution in [2.45, 2.75) is 33.1 Å². The minimum Gasteiger partial charge on any atom is -0.508 e. The topological polar surface area (TPSA) is 47.9 Å². The lowest BCUT2D eigenvalue weighted by Gasteiger charge is -2.23. The summed E-state index contributed by atoms with van der Waals surface area (Å²) < 4.78 is 0. The highest BCUT2D eigenvalue weighted by atomic mass is 16.3. The molecular formula is C17H27N3O. The molecule has 1 aromatic rings. The van der Waals surface area contributed by atoms with E-state index in [1.54, 1.807) is 12.1 Å². The van der Waals surface area contributed by atoms with E-state index in [4.69, 9.17) is 0 Å².